The maximum Gasteiger partial charge on any atom is 0.263 e. The van der Waals surface area contributed by atoms with Crippen molar-refractivity contribution in [3.8, 4) is 11.1 Å². The third kappa shape index (κ3) is 4.44. The van der Waals surface area contributed by atoms with E-state index in [-0.39, 0.29) is 18.0 Å². The van der Waals surface area contributed by atoms with Crippen molar-refractivity contribution in [1.29, 1.82) is 0 Å². The maximum absolute atomic E-state index is 13.3. The van der Waals surface area contributed by atoms with E-state index in [0.29, 0.717) is 20.9 Å². The van der Waals surface area contributed by atoms with E-state index in [4.69, 9.17) is 11.6 Å². The van der Waals surface area contributed by atoms with Crippen molar-refractivity contribution in [3.05, 3.63) is 79.1 Å². The number of amides is 1. The number of carbonyl (C=O) groups is 1. The number of fused-ring (bicyclic) bond motifs is 1. The first kappa shape index (κ1) is 21.7. The second-order valence-electron chi connectivity index (χ2n) is 7.13. The first-order valence-corrected chi connectivity index (χ1v) is 11.7. The van der Waals surface area contributed by atoms with E-state index in [1.165, 1.54) is 22.2 Å². The minimum Gasteiger partial charge on any atom is -0.324 e. The van der Waals surface area contributed by atoms with Gasteiger partial charge in [-0.3, -0.25) is 14.2 Å². The Balaban J connectivity index is 1.72. The lowest BCUT2D eigenvalue weighted by Gasteiger charge is -2.10. The summed E-state index contributed by atoms with van der Waals surface area (Å²) in [7, 11) is 0. The Morgan fingerprint density at radius 1 is 1.23 bits per heavy atom. The molecule has 2 aromatic heterocycles. The van der Waals surface area contributed by atoms with Crippen molar-refractivity contribution in [2.45, 2.75) is 26.8 Å². The van der Waals surface area contributed by atoms with E-state index in [2.05, 4.69) is 33.2 Å². The summed E-state index contributed by atoms with van der Waals surface area (Å²) in [5.74, 6) is -0.301. The van der Waals surface area contributed by atoms with Crippen LogP contribution in [0.4, 0.5) is 5.69 Å². The highest BCUT2D eigenvalue weighted by Crippen LogP contribution is 2.36. The number of nitrogens with zero attached hydrogens (tertiary/aromatic N) is 2. The molecule has 4 aromatic rings. The van der Waals surface area contributed by atoms with Crippen LogP contribution in [-0.4, -0.2) is 15.5 Å². The fraction of sp³-hybridized carbons (Fsp3) is 0.174. The Hall–Kier alpha value is -2.48. The topological polar surface area (TPSA) is 64.0 Å². The minimum atomic E-state index is -0.301. The lowest BCUT2D eigenvalue weighted by atomic mass is 10.0. The number of aryl methyl sites for hydroxylation is 2. The highest BCUT2D eigenvalue weighted by atomic mass is 79.9. The maximum atomic E-state index is 13.3. The average molecular weight is 517 g/mol. The number of hydrogen-bond donors (Lipinski definition) is 1. The molecule has 2 heterocycles. The predicted octanol–water partition coefficient (Wildman–Crippen LogP) is 6.05. The Kier molecular flexibility index (Phi) is 6.27. The van der Waals surface area contributed by atoms with Gasteiger partial charge in [0.2, 0.25) is 5.91 Å². The van der Waals surface area contributed by atoms with Gasteiger partial charge in [-0.2, -0.15) is 0 Å². The van der Waals surface area contributed by atoms with Gasteiger partial charge in [0.25, 0.3) is 5.56 Å². The molecule has 0 atom stereocenters. The van der Waals surface area contributed by atoms with Crippen molar-refractivity contribution in [2.24, 2.45) is 0 Å². The Morgan fingerprint density at radius 3 is 2.65 bits per heavy atom. The minimum absolute atomic E-state index is 0.124. The van der Waals surface area contributed by atoms with Crippen LogP contribution in [0.3, 0.4) is 0 Å². The van der Waals surface area contributed by atoms with Gasteiger partial charge in [-0.1, -0.05) is 46.6 Å². The van der Waals surface area contributed by atoms with Gasteiger partial charge in [-0.25, -0.2) is 4.98 Å². The zero-order valence-corrected chi connectivity index (χ0v) is 20.1. The highest BCUT2D eigenvalue weighted by molar-refractivity contribution is 9.10. The van der Waals surface area contributed by atoms with Gasteiger partial charge in [0.1, 0.15) is 11.4 Å². The Labute approximate surface area is 196 Å². The molecule has 0 saturated carbocycles. The molecule has 8 heteroatoms. The second-order valence-corrected chi connectivity index (χ2v) is 9.56. The molecule has 0 bridgehead atoms. The number of halogens is 2. The first-order valence-electron chi connectivity index (χ1n) is 9.70. The van der Waals surface area contributed by atoms with Crippen LogP contribution in [0.1, 0.15) is 17.4 Å². The summed E-state index contributed by atoms with van der Waals surface area (Å²) < 4.78 is 2.33. The number of benzene rings is 2. The molecule has 0 unspecified atom stereocenters. The van der Waals surface area contributed by atoms with Crippen LogP contribution < -0.4 is 10.9 Å². The fourth-order valence-electron chi connectivity index (χ4n) is 3.47. The van der Waals surface area contributed by atoms with E-state index < -0.39 is 0 Å². The van der Waals surface area contributed by atoms with Gasteiger partial charge in [0.15, 0.2) is 0 Å². The van der Waals surface area contributed by atoms with E-state index in [1.807, 2.05) is 31.2 Å². The first-order chi connectivity index (χ1) is 14.9. The van der Waals surface area contributed by atoms with Crippen LogP contribution in [0.5, 0.6) is 0 Å². The van der Waals surface area contributed by atoms with Gasteiger partial charge in [0, 0.05) is 25.6 Å². The molecule has 0 fully saturated rings. The molecule has 31 heavy (non-hydrogen) atoms. The summed E-state index contributed by atoms with van der Waals surface area (Å²) in [6.45, 7) is 3.80. The van der Waals surface area contributed by atoms with Gasteiger partial charge in [0.05, 0.1) is 11.7 Å². The monoisotopic (exact) mass is 515 g/mol. The SMILES string of the molecule is CCc1sc2ncn(CC(=O)Nc3ccc(Cl)cc3C)c(=O)c2c1-c1ccc(Br)cc1. The molecule has 0 aliphatic rings. The zero-order chi connectivity index (χ0) is 22.1. The van der Waals surface area contributed by atoms with Crippen molar-refractivity contribution in [3.63, 3.8) is 0 Å². The fourth-order valence-corrected chi connectivity index (χ4v) is 5.05. The highest BCUT2D eigenvalue weighted by Gasteiger charge is 2.19. The molecule has 0 aliphatic carbocycles. The molecule has 1 N–H and O–H groups in total. The number of rotatable bonds is 5. The van der Waals surface area contributed by atoms with Gasteiger partial charge in [-0.05, 0) is 54.8 Å². The van der Waals surface area contributed by atoms with E-state index in [1.54, 1.807) is 18.2 Å². The molecule has 0 aliphatic heterocycles. The molecular weight excluding hydrogens is 498 g/mol. The number of carbonyl (C=O) groups excluding carboxylic acids is 1. The summed E-state index contributed by atoms with van der Waals surface area (Å²) in [4.78, 5) is 32.2. The molecule has 0 radical (unpaired) electrons. The van der Waals surface area contributed by atoms with Gasteiger partial charge < -0.3 is 5.32 Å². The van der Waals surface area contributed by atoms with Crippen molar-refractivity contribution >= 4 is 60.7 Å². The standard InChI is InChI=1S/C23H19BrClN3O2S/c1-3-18-20(14-4-6-15(24)7-5-14)21-22(31-18)26-12-28(23(21)30)11-19(29)27-17-9-8-16(25)10-13(17)2/h4-10,12H,3,11H2,1-2H3,(H,27,29). The van der Waals surface area contributed by atoms with Crippen LogP contribution in [0, 0.1) is 6.92 Å². The van der Waals surface area contributed by atoms with Gasteiger partial charge >= 0.3 is 0 Å². The summed E-state index contributed by atoms with van der Waals surface area (Å²) in [6.07, 6.45) is 2.24. The van der Waals surface area contributed by atoms with Gasteiger partial charge in [-0.15, -0.1) is 11.3 Å². The predicted molar refractivity (Wildman–Crippen MR) is 131 cm³/mol. The Bertz CT molecular complexity index is 1350. The van der Waals surface area contributed by atoms with Crippen LogP contribution in [0.2, 0.25) is 5.02 Å². The molecule has 1 amide bonds. The van der Waals surface area contributed by atoms with Crippen molar-refractivity contribution in [1.82, 2.24) is 9.55 Å². The summed E-state index contributed by atoms with van der Waals surface area (Å²) in [5, 5.41) is 4.00. The molecule has 4 rings (SSSR count). The number of anilines is 1. The van der Waals surface area contributed by atoms with E-state index in [0.717, 1.165) is 32.5 Å². The quantitative estimate of drug-likeness (QED) is 0.351. The molecule has 2 aromatic carbocycles. The molecule has 0 saturated heterocycles. The lowest BCUT2D eigenvalue weighted by Crippen LogP contribution is -2.28. The molecular formula is C23H19BrClN3O2S. The smallest absolute Gasteiger partial charge is 0.263 e. The second kappa shape index (κ2) is 8.94. The van der Waals surface area contributed by atoms with Crippen LogP contribution in [-0.2, 0) is 17.8 Å². The number of hydrogen-bond acceptors (Lipinski definition) is 4. The normalized spacial score (nSPS) is 11.1. The summed E-state index contributed by atoms with van der Waals surface area (Å²) in [6, 6.07) is 13.1. The Morgan fingerprint density at radius 2 is 1.97 bits per heavy atom. The van der Waals surface area contributed by atoms with Crippen molar-refractivity contribution < 1.29 is 4.79 Å². The number of aromatic nitrogens is 2. The van der Waals surface area contributed by atoms with Crippen LogP contribution in [0.25, 0.3) is 21.3 Å². The van der Waals surface area contributed by atoms with Crippen LogP contribution >= 0.6 is 38.9 Å². The lowest BCUT2D eigenvalue weighted by molar-refractivity contribution is -0.116. The zero-order valence-electron chi connectivity index (χ0n) is 16.9. The molecule has 0 spiro atoms. The van der Waals surface area contributed by atoms with E-state index >= 15 is 0 Å². The van der Waals surface area contributed by atoms with E-state index in [9.17, 15) is 9.59 Å². The number of thiophene rings is 1. The summed E-state index contributed by atoms with van der Waals surface area (Å²) in [5.41, 5.74) is 3.16. The third-order valence-electron chi connectivity index (χ3n) is 4.98. The van der Waals surface area contributed by atoms with Crippen molar-refractivity contribution in [2.75, 3.05) is 5.32 Å². The third-order valence-corrected chi connectivity index (χ3v) is 6.99. The largest absolute Gasteiger partial charge is 0.324 e. The van der Waals surface area contributed by atoms with Crippen LogP contribution in [0.15, 0.2) is 58.1 Å². The summed E-state index contributed by atoms with van der Waals surface area (Å²) >= 11 is 11.0. The number of nitrogens with one attached hydrogen (secondary N) is 1. The average Bonchev–Trinajstić information content (AvgIpc) is 3.12. The molecule has 5 nitrogen and oxygen atoms in total. The molecule has 158 valence electrons.